The summed E-state index contributed by atoms with van der Waals surface area (Å²) in [6.45, 7) is 0. The molecule has 0 atom stereocenters. The summed E-state index contributed by atoms with van der Waals surface area (Å²) in [5, 5.41) is 5.90. The summed E-state index contributed by atoms with van der Waals surface area (Å²) in [6.07, 6.45) is 5.85. The summed E-state index contributed by atoms with van der Waals surface area (Å²) >= 11 is 0. The summed E-state index contributed by atoms with van der Waals surface area (Å²) in [5.41, 5.74) is 1.11. The molecule has 1 aromatic heterocycles. The second-order valence-electron chi connectivity index (χ2n) is 2.89. The number of pyridine rings is 1. The Morgan fingerprint density at radius 3 is 2.83 bits per heavy atom. The maximum atomic E-state index is 4.13. The number of nitrogens with zero attached hydrogens (tertiary/aromatic N) is 3. The zero-order valence-corrected chi connectivity index (χ0v) is 7.73. The monoisotopic (exact) mass is 164 g/mol. The zero-order chi connectivity index (χ0) is 8.97. The van der Waals surface area contributed by atoms with Crippen molar-refractivity contribution in [2.45, 2.75) is 0 Å². The van der Waals surface area contributed by atoms with Crippen LogP contribution in [0.25, 0.3) is 0 Å². The minimum absolute atomic E-state index is 1.11. The largest absolute Gasteiger partial charge is 0.303 e. The van der Waals surface area contributed by atoms with Gasteiger partial charge in [0.15, 0.2) is 12.4 Å². The van der Waals surface area contributed by atoms with Crippen LogP contribution in [0.2, 0.25) is 0 Å². The molecule has 0 saturated carbocycles. The second kappa shape index (κ2) is 3.85. The van der Waals surface area contributed by atoms with Gasteiger partial charge < -0.3 is 5.01 Å². The SMILES string of the molecule is CN(C)/N=C/c1ccc[n+](C)c1. The Kier molecular flexibility index (Phi) is 2.80. The van der Waals surface area contributed by atoms with Crippen molar-refractivity contribution in [1.29, 1.82) is 0 Å². The van der Waals surface area contributed by atoms with E-state index in [0.29, 0.717) is 0 Å². The molecule has 0 amide bonds. The van der Waals surface area contributed by atoms with Crippen LogP contribution >= 0.6 is 0 Å². The third-order valence-electron chi connectivity index (χ3n) is 1.40. The van der Waals surface area contributed by atoms with E-state index in [1.807, 2.05) is 56.5 Å². The number of aryl methyl sites for hydroxylation is 1. The van der Waals surface area contributed by atoms with Gasteiger partial charge in [0.1, 0.15) is 7.05 Å². The normalized spacial score (nSPS) is 10.6. The van der Waals surface area contributed by atoms with Gasteiger partial charge in [-0.05, 0) is 6.07 Å². The molecule has 64 valence electrons. The average molecular weight is 164 g/mol. The van der Waals surface area contributed by atoms with Gasteiger partial charge in [-0.3, -0.25) is 0 Å². The van der Waals surface area contributed by atoms with Crippen molar-refractivity contribution < 1.29 is 4.57 Å². The fourth-order valence-corrected chi connectivity index (χ4v) is 0.870. The predicted octanol–water partition coefficient (Wildman–Crippen LogP) is 0.407. The van der Waals surface area contributed by atoms with Gasteiger partial charge in [0.25, 0.3) is 0 Å². The minimum atomic E-state index is 1.11. The minimum Gasteiger partial charge on any atom is -0.303 e. The third kappa shape index (κ3) is 2.70. The van der Waals surface area contributed by atoms with Crippen LogP contribution in [0.5, 0.6) is 0 Å². The highest BCUT2D eigenvalue weighted by molar-refractivity contribution is 5.78. The molecule has 0 bridgehead atoms. The molecule has 3 nitrogen and oxygen atoms in total. The Morgan fingerprint density at radius 2 is 2.25 bits per heavy atom. The molecule has 0 unspecified atom stereocenters. The molecule has 0 aliphatic rings. The van der Waals surface area contributed by atoms with E-state index in [-0.39, 0.29) is 0 Å². The van der Waals surface area contributed by atoms with Gasteiger partial charge in [-0.2, -0.15) is 5.10 Å². The van der Waals surface area contributed by atoms with Crippen LogP contribution in [-0.2, 0) is 7.05 Å². The average Bonchev–Trinajstić information content (AvgIpc) is 2.01. The lowest BCUT2D eigenvalue weighted by molar-refractivity contribution is -0.671. The van der Waals surface area contributed by atoms with E-state index in [9.17, 15) is 0 Å². The topological polar surface area (TPSA) is 19.5 Å². The Balaban J connectivity index is 2.76. The van der Waals surface area contributed by atoms with Crippen molar-refractivity contribution in [2.24, 2.45) is 12.1 Å². The highest BCUT2D eigenvalue weighted by Gasteiger charge is 1.93. The summed E-state index contributed by atoms with van der Waals surface area (Å²) < 4.78 is 2.00. The Hall–Kier alpha value is -1.38. The van der Waals surface area contributed by atoms with Crippen LogP contribution in [0.15, 0.2) is 29.6 Å². The maximum absolute atomic E-state index is 4.13. The molecule has 1 heterocycles. The quantitative estimate of drug-likeness (QED) is 0.352. The summed E-state index contributed by atoms with van der Waals surface area (Å²) in [5.74, 6) is 0. The molecule has 0 radical (unpaired) electrons. The van der Waals surface area contributed by atoms with Gasteiger partial charge in [-0.1, -0.05) is 0 Å². The van der Waals surface area contributed by atoms with Crippen molar-refractivity contribution in [3.63, 3.8) is 0 Å². The van der Waals surface area contributed by atoms with Crippen LogP contribution in [-0.4, -0.2) is 25.3 Å². The fourth-order valence-electron chi connectivity index (χ4n) is 0.870. The van der Waals surface area contributed by atoms with Gasteiger partial charge in [0.2, 0.25) is 0 Å². The first-order valence-corrected chi connectivity index (χ1v) is 3.85. The molecule has 1 rings (SSSR count). The first-order chi connectivity index (χ1) is 5.68. The van der Waals surface area contributed by atoms with E-state index in [4.69, 9.17) is 0 Å². The zero-order valence-electron chi connectivity index (χ0n) is 7.73. The summed E-state index contributed by atoms with van der Waals surface area (Å²) in [6, 6.07) is 4.02. The standard InChI is InChI=1S/C9H14N3/c1-11(2)10-7-9-5-4-6-12(3)8-9/h4-8H,1-3H3/q+1/b10-7+. The smallest absolute Gasteiger partial charge is 0.177 e. The van der Waals surface area contributed by atoms with Gasteiger partial charge in [-0.15, -0.1) is 0 Å². The molecule has 0 aliphatic carbocycles. The molecule has 3 heteroatoms. The van der Waals surface area contributed by atoms with Crippen molar-refractivity contribution >= 4 is 6.21 Å². The van der Waals surface area contributed by atoms with Crippen molar-refractivity contribution in [3.05, 3.63) is 30.1 Å². The number of aromatic nitrogens is 1. The van der Waals surface area contributed by atoms with E-state index in [2.05, 4.69) is 5.10 Å². The molecule has 0 N–H and O–H groups in total. The highest BCUT2D eigenvalue weighted by Crippen LogP contribution is 1.89. The van der Waals surface area contributed by atoms with Crippen molar-refractivity contribution in [1.82, 2.24) is 5.01 Å². The van der Waals surface area contributed by atoms with E-state index < -0.39 is 0 Å². The Bertz CT molecular complexity index is 279. The van der Waals surface area contributed by atoms with Gasteiger partial charge in [0, 0.05) is 20.2 Å². The molecular weight excluding hydrogens is 150 g/mol. The number of hydrogen-bond donors (Lipinski definition) is 0. The first kappa shape index (κ1) is 8.71. The molecule has 0 aliphatic heterocycles. The van der Waals surface area contributed by atoms with E-state index in [0.717, 1.165) is 5.56 Å². The van der Waals surface area contributed by atoms with Crippen LogP contribution in [0.3, 0.4) is 0 Å². The number of rotatable bonds is 2. The molecule has 0 fully saturated rings. The Labute approximate surface area is 72.9 Å². The molecule has 0 aromatic carbocycles. The lowest BCUT2D eigenvalue weighted by Gasteiger charge is -2.01. The lowest BCUT2D eigenvalue weighted by atomic mass is 10.3. The van der Waals surface area contributed by atoms with E-state index >= 15 is 0 Å². The van der Waals surface area contributed by atoms with E-state index in [1.54, 1.807) is 5.01 Å². The number of hydrogen-bond acceptors (Lipinski definition) is 2. The second-order valence-corrected chi connectivity index (χ2v) is 2.89. The fraction of sp³-hybridized carbons (Fsp3) is 0.333. The van der Waals surface area contributed by atoms with Crippen LogP contribution in [0, 0.1) is 0 Å². The van der Waals surface area contributed by atoms with Crippen LogP contribution in [0.1, 0.15) is 5.56 Å². The molecular formula is C9H14N3+. The number of hydrazone groups is 1. The van der Waals surface area contributed by atoms with Gasteiger partial charge in [-0.25, -0.2) is 4.57 Å². The molecule has 12 heavy (non-hydrogen) atoms. The van der Waals surface area contributed by atoms with Crippen LogP contribution < -0.4 is 4.57 Å². The maximum Gasteiger partial charge on any atom is 0.177 e. The summed E-state index contributed by atoms with van der Waals surface area (Å²) in [4.78, 5) is 0. The van der Waals surface area contributed by atoms with E-state index in [1.165, 1.54) is 0 Å². The predicted molar refractivity (Wildman–Crippen MR) is 48.9 cm³/mol. The van der Waals surface area contributed by atoms with Crippen LogP contribution in [0.4, 0.5) is 0 Å². The summed E-state index contributed by atoms with van der Waals surface area (Å²) in [7, 11) is 5.80. The molecule has 0 spiro atoms. The lowest BCUT2D eigenvalue weighted by Crippen LogP contribution is -2.26. The first-order valence-electron chi connectivity index (χ1n) is 3.85. The van der Waals surface area contributed by atoms with Crippen molar-refractivity contribution in [3.8, 4) is 0 Å². The molecule has 1 aromatic rings. The third-order valence-corrected chi connectivity index (χ3v) is 1.40. The van der Waals surface area contributed by atoms with Crippen molar-refractivity contribution in [2.75, 3.05) is 14.1 Å². The molecule has 0 saturated heterocycles. The van der Waals surface area contributed by atoms with Gasteiger partial charge in [0.05, 0.1) is 11.8 Å². The highest BCUT2D eigenvalue weighted by atomic mass is 15.4. The van der Waals surface area contributed by atoms with Gasteiger partial charge >= 0.3 is 0 Å². The Morgan fingerprint density at radius 1 is 1.50 bits per heavy atom.